The van der Waals surface area contributed by atoms with E-state index in [1.807, 2.05) is 0 Å². The second-order valence-corrected chi connectivity index (χ2v) is 5.37. The number of nitrogens with one attached hydrogen (secondary N) is 2. The Morgan fingerprint density at radius 1 is 1.11 bits per heavy atom. The maximum absolute atomic E-state index is 5.33. The highest BCUT2D eigenvalue weighted by Crippen LogP contribution is 2.17. The minimum absolute atomic E-state index is 0.145. The molecule has 2 N–H and O–H groups in total. The number of rotatable bonds is 9. The van der Waals surface area contributed by atoms with Gasteiger partial charge in [0, 0.05) is 39.4 Å². The van der Waals surface area contributed by atoms with Crippen LogP contribution in [0.1, 0.15) is 39.0 Å². The van der Waals surface area contributed by atoms with Crippen LogP contribution in [0, 0.1) is 0 Å². The Morgan fingerprint density at radius 2 is 1.83 bits per heavy atom. The summed E-state index contributed by atoms with van der Waals surface area (Å²) < 4.78 is 10.4. The molecule has 1 fully saturated rings. The maximum atomic E-state index is 5.33. The van der Waals surface area contributed by atoms with Crippen LogP contribution in [0.3, 0.4) is 0 Å². The van der Waals surface area contributed by atoms with E-state index in [1.165, 1.54) is 32.1 Å². The predicted molar refractivity (Wildman–Crippen MR) is 75.0 cm³/mol. The number of hydrogen-bond acceptors (Lipinski definition) is 4. The molecule has 18 heavy (non-hydrogen) atoms. The number of ether oxygens (including phenoxy) is 2. The Labute approximate surface area is 112 Å². The molecule has 2 unspecified atom stereocenters. The lowest BCUT2D eigenvalue weighted by atomic mass is 9.95. The zero-order valence-corrected chi connectivity index (χ0v) is 12.2. The first-order chi connectivity index (χ1) is 8.76. The van der Waals surface area contributed by atoms with Gasteiger partial charge in [-0.3, -0.25) is 0 Å². The lowest BCUT2D eigenvalue weighted by molar-refractivity contribution is 0.0276. The molecule has 0 aliphatic heterocycles. The van der Waals surface area contributed by atoms with Crippen molar-refractivity contribution in [1.29, 1.82) is 0 Å². The van der Waals surface area contributed by atoms with Crippen molar-refractivity contribution >= 4 is 0 Å². The Morgan fingerprint density at radius 3 is 2.44 bits per heavy atom. The molecular formula is C14H30N2O2. The van der Waals surface area contributed by atoms with Crippen molar-refractivity contribution in [3.05, 3.63) is 0 Å². The summed E-state index contributed by atoms with van der Waals surface area (Å²) in [4.78, 5) is 0. The standard InChI is InChI=1S/C14H30N2O2/c1-12(15-10-14(18-3)11-17-2)9-16-13-7-5-4-6-8-13/h12-16H,4-11H2,1-3H3. The van der Waals surface area contributed by atoms with Crippen LogP contribution in [0.2, 0.25) is 0 Å². The monoisotopic (exact) mass is 258 g/mol. The van der Waals surface area contributed by atoms with Crippen molar-refractivity contribution < 1.29 is 9.47 Å². The summed E-state index contributed by atoms with van der Waals surface area (Å²) in [6.07, 6.45) is 7.03. The lowest BCUT2D eigenvalue weighted by Crippen LogP contribution is -2.44. The summed E-state index contributed by atoms with van der Waals surface area (Å²) in [5, 5.41) is 7.15. The lowest BCUT2D eigenvalue weighted by Gasteiger charge is -2.25. The van der Waals surface area contributed by atoms with E-state index in [1.54, 1.807) is 14.2 Å². The average molecular weight is 258 g/mol. The quantitative estimate of drug-likeness (QED) is 0.658. The molecule has 0 aromatic heterocycles. The molecule has 0 amide bonds. The van der Waals surface area contributed by atoms with E-state index < -0.39 is 0 Å². The molecule has 1 saturated carbocycles. The minimum atomic E-state index is 0.145. The molecule has 1 aliphatic carbocycles. The third-order valence-corrected chi connectivity index (χ3v) is 3.70. The van der Waals surface area contributed by atoms with Gasteiger partial charge in [0.05, 0.1) is 12.7 Å². The molecule has 0 heterocycles. The smallest absolute Gasteiger partial charge is 0.0928 e. The molecule has 1 rings (SSSR count). The fourth-order valence-electron chi connectivity index (χ4n) is 2.45. The second-order valence-electron chi connectivity index (χ2n) is 5.37. The van der Waals surface area contributed by atoms with Gasteiger partial charge < -0.3 is 20.1 Å². The molecule has 2 atom stereocenters. The van der Waals surface area contributed by atoms with Crippen molar-refractivity contribution in [2.45, 2.75) is 57.2 Å². The molecule has 108 valence electrons. The van der Waals surface area contributed by atoms with Gasteiger partial charge in [-0.05, 0) is 19.8 Å². The summed E-state index contributed by atoms with van der Waals surface area (Å²) >= 11 is 0. The Bertz CT molecular complexity index is 187. The average Bonchev–Trinajstić information content (AvgIpc) is 2.42. The molecule has 0 aromatic carbocycles. The van der Waals surface area contributed by atoms with Crippen LogP contribution in [0.15, 0.2) is 0 Å². The van der Waals surface area contributed by atoms with E-state index in [-0.39, 0.29) is 6.10 Å². The zero-order chi connectivity index (χ0) is 13.2. The van der Waals surface area contributed by atoms with E-state index in [0.29, 0.717) is 12.6 Å². The first kappa shape index (κ1) is 15.9. The van der Waals surface area contributed by atoms with Gasteiger partial charge in [0.15, 0.2) is 0 Å². The van der Waals surface area contributed by atoms with Crippen LogP contribution in [-0.2, 0) is 9.47 Å². The van der Waals surface area contributed by atoms with Crippen LogP contribution in [0.5, 0.6) is 0 Å². The van der Waals surface area contributed by atoms with Crippen molar-refractivity contribution in [3.8, 4) is 0 Å². The number of hydrogen-bond donors (Lipinski definition) is 2. The normalized spacial score (nSPS) is 20.8. The van der Waals surface area contributed by atoms with Crippen molar-refractivity contribution in [1.82, 2.24) is 10.6 Å². The van der Waals surface area contributed by atoms with E-state index in [4.69, 9.17) is 9.47 Å². The highest BCUT2D eigenvalue weighted by molar-refractivity contribution is 4.75. The first-order valence-corrected chi connectivity index (χ1v) is 7.24. The highest BCUT2D eigenvalue weighted by atomic mass is 16.5. The van der Waals surface area contributed by atoms with E-state index in [9.17, 15) is 0 Å². The van der Waals surface area contributed by atoms with Gasteiger partial charge in [0.25, 0.3) is 0 Å². The van der Waals surface area contributed by atoms with Crippen LogP contribution in [0.25, 0.3) is 0 Å². The summed E-state index contributed by atoms with van der Waals surface area (Å²) in [6.45, 7) is 4.74. The Hall–Kier alpha value is -0.160. The van der Waals surface area contributed by atoms with E-state index >= 15 is 0 Å². The SMILES string of the molecule is COCC(CNC(C)CNC1CCCCC1)OC. The Kier molecular flexibility index (Phi) is 8.59. The fourth-order valence-corrected chi connectivity index (χ4v) is 2.45. The van der Waals surface area contributed by atoms with Gasteiger partial charge in [0.2, 0.25) is 0 Å². The molecule has 0 saturated heterocycles. The van der Waals surface area contributed by atoms with Crippen molar-refractivity contribution in [2.75, 3.05) is 33.9 Å². The van der Waals surface area contributed by atoms with E-state index in [2.05, 4.69) is 17.6 Å². The predicted octanol–water partition coefficient (Wildman–Crippen LogP) is 1.55. The second kappa shape index (κ2) is 9.73. The summed E-state index contributed by atoms with van der Waals surface area (Å²) in [5.41, 5.74) is 0. The van der Waals surface area contributed by atoms with Crippen molar-refractivity contribution in [2.24, 2.45) is 0 Å². The third-order valence-electron chi connectivity index (χ3n) is 3.70. The molecule has 4 heteroatoms. The van der Waals surface area contributed by atoms with Gasteiger partial charge in [0.1, 0.15) is 0 Å². The van der Waals surface area contributed by atoms with Crippen LogP contribution < -0.4 is 10.6 Å². The first-order valence-electron chi connectivity index (χ1n) is 7.24. The van der Waals surface area contributed by atoms with Crippen LogP contribution in [-0.4, -0.2) is 52.1 Å². The Balaban J connectivity index is 2.06. The van der Waals surface area contributed by atoms with Crippen LogP contribution >= 0.6 is 0 Å². The van der Waals surface area contributed by atoms with Gasteiger partial charge in [-0.2, -0.15) is 0 Å². The van der Waals surface area contributed by atoms with Gasteiger partial charge >= 0.3 is 0 Å². The molecule has 0 radical (unpaired) electrons. The topological polar surface area (TPSA) is 42.5 Å². The van der Waals surface area contributed by atoms with Gasteiger partial charge in [-0.1, -0.05) is 19.3 Å². The molecule has 0 aromatic rings. The molecule has 1 aliphatic rings. The molecule has 0 bridgehead atoms. The fraction of sp³-hybridized carbons (Fsp3) is 1.00. The maximum Gasteiger partial charge on any atom is 0.0928 e. The summed E-state index contributed by atoms with van der Waals surface area (Å²) in [6, 6.07) is 1.21. The third kappa shape index (κ3) is 6.69. The molecule has 4 nitrogen and oxygen atoms in total. The van der Waals surface area contributed by atoms with Gasteiger partial charge in [-0.25, -0.2) is 0 Å². The molecular weight excluding hydrogens is 228 g/mol. The zero-order valence-electron chi connectivity index (χ0n) is 12.2. The number of methoxy groups -OCH3 is 2. The summed E-state index contributed by atoms with van der Waals surface area (Å²) in [5.74, 6) is 0. The van der Waals surface area contributed by atoms with E-state index in [0.717, 1.165) is 19.1 Å². The van der Waals surface area contributed by atoms with Crippen LogP contribution in [0.4, 0.5) is 0 Å². The molecule has 0 spiro atoms. The van der Waals surface area contributed by atoms with Crippen molar-refractivity contribution in [3.63, 3.8) is 0 Å². The van der Waals surface area contributed by atoms with Gasteiger partial charge in [-0.15, -0.1) is 0 Å². The minimum Gasteiger partial charge on any atom is -0.382 e. The summed E-state index contributed by atoms with van der Waals surface area (Å²) in [7, 11) is 3.44. The largest absolute Gasteiger partial charge is 0.382 e. The highest BCUT2D eigenvalue weighted by Gasteiger charge is 2.14.